The van der Waals surface area contributed by atoms with Crippen LogP contribution in [0.15, 0.2) is 64.1 Å². The summed E-state index contributed by atoms with van der Waals surface area (Å²) in [5.74, 6) is 0.788. The van der Waals surface area contributed by atoms with Gasteiger partial charge in [0.1, 0.15) is 11.5 Å². The van der Waals surface area contributed by atoms with E-state index in [0.29, 0.717) is 27.1 Å². The molecule has 0 aliphatic rings. The summed E-state index contributed by atoms with van der Waals surface area (Å²) >= 11 is 14.2. The van der Waals surface area contributed by atoms with Gasteiger partial charge >= 0.3 is 0 Å². The second-order valence-electron chi connectivity index (χ2n) is 5.03. The minimum atomic E-state index is -0.292. The van der Waals surface area contributed by atoms with E-state index in [4.69, 9.17) is 27.6 Å². The number of rotatable bonds is 4. The van der Waals surface area contributed by atoms with Crippen molar-refractivity contribution in [2.24, 2.45) is 5.10 Å². The second kappa shape index (κ2) is 8.03. The van der Waals surface area contributed by atoms with Crippen LogP contribution in [0.25, 0.3) is 11.3 Å². The summed E-state index contributed by atoms with van der Waals surface area (Å²) in [5, 5.41) is 4.96. The van der Waals surface area contributed by atoms with Crippen LogP contribution in [0.2, 0.25) is 10.0 Å². The van der Waals surface area contributed by atoms with Gasteiger partial charge in [-0.2, -0.15) is 5.10 Å². The molecule has 1 aromatic heterocycles. The molecule has 1 N–H and O–H groups in total. The lowest BCUT2D eigenvalue weighted by Gasteiger charge is -2.01. The molecule has 0 aliphatic carbocycles. The zero-order valence-electron chi connectivity index (χ0n) is 12.7. The molecule has 4 nitrogen and oxygen atoms in total. The zero-order chi connectivity index (χ0) is 17.8. The van der Waals surface area contributed by atoms with Gasteiger partial charge in [-0.15, -0.1) is 0 Å². The molecular formula is C18H11Cl2IN2O2. The lowest BCUT2D eigenvalue weighted by molar-refractivity contribution is 0.0955. The van der Waals surface area contributed by atoms with Crippen molar-refractivity contribution in [1.82, 2.24) is 5.43 Å². The quantitative estimate of drug-likeness (QED) is 0.297. The van der Waals surface area contributed by atoms with Crippen LogP contribution in [0.4, 0.5) is 0 Å². The largest absolute Gasteiger partial charge is 0.455 e. The van der Waals surface area contributed by atoms with Gasteiger partial charge < -0.3 is 4.42 Å². The van der Waals surface area contributed by atoms with E-state index in [-0.39, 0.29) is 5.91 Å². The second-order valence-corrected chi connectivity index (χ2v) is 7.12. The highest BCUT2D eigenvalue weighted by Gasteiger charge is 2.09. The molecule has 0 fully saturated rings. The molecule has 0 bridgehead atoms. The van der Waals surface area contributed by atoms with Crippen LogP contribution < -0.4 is 5.43 Å². The summed E-state index contributed by atoms with van der Waals surface area (Å²) in [7, 11) is 0. The van der Waals surface area contributed by atoms with Crippen LogP contribution >= 0.6 is 45.8 Å². The fourth-order valence-corrected chi connectivity index (χ4v) is 2.94. The highest BCUT2D eigenvalue weighted by atomic mass is 127. The third-order valence-corrected chi connectivity index (χ3v) is 4.55. The van der Waals surface area contributed by atoms with E-state index in [0.717, 1.165) is 9.13 Å². The van der Waals surface area contributed by atoms with Gasteiger partial charge in [-0.3, -0.25) is 4.79 Å². The van der Waals surface area contributed by atoms with E-state index >= 15 is 0 Å². The first-order valence-corrected chi connectivity index (χ1v) is 9.00. The van der Waals surface area contributed by atoms with Crippen molar-refractivity contribution in [3.05, 3.63) is 79.5 Å². The normalized spacial score (nSPS) is 11.0. The molecule has 0 spiro atoms. The molecule has 0 aliphatic heterocycles. The first-order chi connectivity index (χ1) is 12.0. The first-order valence-electron chi connectivity index (χ1n) is 7.17. The van der Waals surface area contributed by atoms with Gasteiger partial charge in [-0.1, -0.05) is 23.2 Å². The van der Waals surface area contributed by atoms with Gasteiger partial charge in [-0.25, -0.2) is 5.43 Å². The van der Waals surface area contributed by atoms with Crippen molar-refractivity contribution >= 4 is 57.9 Å². The summed E-state index contributed by atoms with van der Waals surface area (Å²) in [5.41, 5.74) is 3.72. The van der Waals surface area contributed by atoms with Crippen molar-refractivity contribution in [2.75, 3.05) is 0 Å². The van der Waals surface area contributed by atoms with Crippen LogP contribution in [-0.2, 0) is 0 Å². The lowest BCUT2D eigenvalue weighted by atomic mass is 10.2. The number of furan rings is 1. The molecule has 3 rings (SSSR count). The Balaban J connectivity index is 1.67. The number of benzene rings is 2. The number of carbonyl (C=O) groups is 1. The number of carbonyl (C=O) groups excluding carboxylic acids is 1. The Morgan fingerprint density at radius 3 is 2.56 bits per heavy atom. The zero-order valence-corrected chi connectivity index (χ0v) is 16.3. The number of hydrogen-bond acceptors (Lipinski definition) is 3. The average Bonchev–Trinajstić information content (AvgIpc) is 3.04. The van der Waals surface area contributed by atoms with Crippen molar-refractivity contribution in [2.45, 2.75) is 0 Å². The molecule has 0 saturated carbocycles. The number of halogens is 3. The molecule has 0 radical (unpaired) electrons. The number of nitrogens with zero attached hydrogens (tertiary/aromatic N) is 1. The predicted octanol–water partition coefficient (Wildman–Crippen LogP) is 5.62. The molecule has 0 saturated heterocycles. The van der Waals surface area contributed by atoms with Crippen LogP contribution in [-0.4, -0.2) is 12.1 Å². The van der Waals surface area contributed by atoms with Crippen LogP contribution in [0.3, 0.4) is 0 Å². The maximum Gasteiger partial charge on any atom is 0.271 e. The molecule has 3 aromatic rings. The Hall–Kier alpha value is -1.83. The van der Waals surface area contributed by atoms with Crippen LogP contribution in [0.5, 0.6) is 0 Å². The Bertz CT molecular complexity index is 937. The van der Waals surface area contributed by atoms with E-state index in [1.54, 1.807) is 42.5 Å². The standard InChI is InChI=1S/C18H11Cl2IN2O2/c19-12-3-7-15(16(20)9-12)17-8-6-14(25-17)10-22-23-18(24)11-1-4-13(21)5-2-11/h1-10H,(H,23,24)/b22-10-. The summed E-state index contributed by atoms with van der Waals surface area (Å²) in [6.07, 6.45) is 1.43. The van der Waals surface area contributed by atoms with Crippen molar-refractivity contribution in [1.29, 1.82) is 0 Å². The summed E-state index contributed by atoms with van der Waals surface area (Å²) in [6.45, 7) is 0. The fourth-order valence-electron chi connectivity index (χ4n) is 2.08. The van der Waals surface area contributed by atoms with Crippen molar-refractivity contribution in [3.63, 3.8) is 0 Å². The Morgan fingerprint density at radius 2 is 1.84 bits per heavy atom. The Morgan fingerprint density at radius 1 is 1.08 bits per heavy atom. The number of hydrazone groups is 1. The Labute approximate surface area is 168 Å². The SMILES string of the molecule is O=C(N/N=C\c1ccc(-c2ccc(Cl)cc2Cl)o1)c1ccc(I)cc1. The van der Waals surface area contributed by atoms with Crippen LogP contribution in [0.1, 0.15) is 16.1 Å². The van der Waals surface area contributed by atoms with E-state index in [1.807, 2.05) is 12.1 Å². The maximum atomic E-state index is 12.0. The van der Waals surface area contributed by atoms with Crippen molar-refractivity contribution < 1.29 is 9.21 Å². The highest BCUT2D eigenvalue weighted by Crippen LogP contribution is 2.31. The minimum absolute atomic E-state index is 0.292. The van der Waals surface area contributed by atoms with E-state index in [1.165, 1.54) is 6.21 Å². The Kier molecular flexibility index (Phi) is 5.78. The van der Waals surface area contributed by atoms with Gasteiger partial charge in [0.2, 0.25) is 0 Å². The number of nitrogens with one attached hydrogen (secondary N) is 1. The fraction of sp³-hybridized carbons (Fsp3) is 0. The van der Waals surface area contributed by atoms with Gasteiger partial charge in [0.15, 0.2) is 0 Å². The third-order valence-electron chi connectivity index (χ3n) is 3.29. The summed E-state index contributed by atoms with van der Waals surface area (Å²) < 4.78 is 6.72. The number of amides is 1. The average molecular weight is 485 g/mol. The molecule has 0 atom stereocenters. The summed E-state index contributed by atoms with van der Waals surface area (Å²) in [6, 6.07) is 15.9. The maximum absolute atomic E-state index is 12.0. The molecule has 126 valence electrons. The van der Waals surface area contributed by atoms with Gasteiger partial charge in [0, 0.05) is 19.7 Å². The first kappa shape index (κ1) is 18.0. The molecule has 1 heterocycles. The molecule has 1 amide bonds. The van der Waals surface area contributed by atoms with Gasteiger partial charge in [-0.05, 0) is 77.2 Å². The molecule has 25 heavy (non-hydrogen) atoms. The van der Waals surface area contributed by atoms with E-state index < -0.39 is 0 Å². The highest BCUT2D eigenvalue weighted by molar-refractivity contribution is 14.1. The molecular weight excluding hydrogens is 474 g/mol. The van der Waals surface area contributed by atoms with Crippen LogP contribution in [0, 0.1) is 3.57 Å². The monoisotopic (exact) mass is 484 g/mol. The lowest BCUT2D eigenvalue weighted by Crippen LogP contribution is -2.17. The van der Waals surface area contributed by atoms with E-state index in [2.05, 4.69) is 33.1 Å². The predicted molar refractivity (Wildman–Crippen MR) is 108 cm³/mol. The van der Waals surface area contributed by atoms with E-state index in [9.17, 15) is 4.79 Å². The number of hydrogen-bond donors (Lipinski definition) is 1. The minimum Gasteiger partial charge on any atom is -0.455 e. The molecule has 7 heteroatoms. The smallest absolute Gasteiger partial charge is 0.271 e. The topological polar surface area (TPSA) is 54.6 Å². The third kappa shape index (κ3) is 4.62. The summed E-state index contributed by atoms with van der Waals surface area (Å²) in [4.78, 5) is 12.0. The van der Waals surface area contributed by atoms with Gasteiger partial charge in [0.05, 0.1) is 11.2 Å². The molecule has 2 aromatic carbocycles. The molecule has 0 unspecified atom stereocenters. The van der Waals surface area contributed by atoms with Gasteiger partial charge in [0.25, 0.3) is 5.91 Å². The van der Waals surface area contributed by atoms with Crippen molar-refractivity contribution in [3.8, 4) is 11.3 Å².